The lowest BCUT2D eigenvalue weighted by Gasteiger charge is -2.10. The summed E-state index contributed by atoms with van der Waals surface area (Å²) in [6, 6.07) is 5.19. The molecule has 0 heterocycles. The van der Waals surface area contributed by atoms with Crippen LogP contribution in [0.1, 0.15) is 15.9 Å². The standard InChI is InChI=1S/C14H11F3N2O/c1-7-2-8(4-9(15)3-7)14(20)19-13-11(17)5-10(16)6-12(13)18/h2-6H,18H2,1H3,(H,19,20). The third-order valence-electron chi connectivity index (χ3n) is 2.63. The van der Waals surface area contributed by atoms with Gasteiger partial charge in [-0.3, -0.25) is 4.79 Å². The summed E-state index contributed by atoms with van der Waals surface area (Å²) >= 11 is 0. The summed E-state index contributed by atoms with van der Waals surface area (Å²) in [4.78, 5) is 11.9. The molecule has 0 fully saturated rings. The molecule has 0 radical (unpaired) electrons. The fraction of sp³-hybridized carbons (Fsp3) is 0.0714. The van der Waals surface area contributed by atoms with E-state index in [-0.39, 0.29) is 16.9 Å². The highest BCUT2D eigenvalue weighted by Crippen LogP contribution is 2.24. The number of nitrogen functional groups attached to an aromatic ring is 1. The first-order valence-corrected chi connectivity index (χ1v) is 5.70. The molecule has 0 atom stereocenters. The number of carbonyl (C=O) groups is 1. The van der Waals surface area contributed by atoms with Crippen molar-refractivity contribution in [3.63, 3.8) is 0 Å². The first-order valence-electron chi connectivity index (χ1n) is 5.70. The second-order valence-corrected chi connectivity index (χ2v) is 4.32. The van der Waals surface area contributed by atoms with Gasteiger partial charge in [0.05, 0.1) is 5.69 Å². The number of benzene rings is 2. The van der Waals surface area contributed by atoms with Crippen molar-refractivity contribution in [1.82, 2.24) is 0 Å². The predicted octanol–water partition coefficient (Wildman–Crippen LogP) is 3.25. The van der Waals surface area contributed by atoms with Gasteiger partial charge >= 0.3 is 0 Å². The van der Waals surface area contributed by atoms with E-state index in [1.165, 1.54) is 12.1 Å². The molecule has 0 spiro atoms. The molecule has 0 saturated carbocycles. The van der Waals surface area contributed by atoms with Crippen LogP contribution in [-0.2, 0) is 0 Å². The molecule has 2 aromatic carbocycles. The zero-order chi connectivity index (χ0) is 14.9. The van der Waals surface area contributed by atoms with Crippen LogP contribution in [-0.4, -0.2) is 5.91 Å². The number of hydrogen-bond acceptors (Lipinski definition) is 2. The molecule has 0 bridgehead atoms. The van der Waals surface area contributed by atoms with Crippen LogP contribution in [0.2, 0.25) is 0 Å². The van der Waals surface area contributed by atoms with Gasteiger partial charge in [-0.15, -0.1) is 0 Å². The number of hydrogen-bond donors (Lipinski definition) is 2. The number of nitrogens with two attached hydrogens (primary N) is 1. The molecule has 0 saturated heterocycles. The molecule has 0 aliphatic rings. The average molecular weight is 280 g/mol. The van der Waals surface area contributed by atoms with E-state index in [0.717, 1.165) is 12.1 Å². The molecule has 3 nitrogen and oxygen atoms in total. The Labute approximate surface area is 113 Å². The van der Waals surface area contributed by atoms with Crippen molar-refractivity contribution in [1.29, 1.82) is 0 Å². The summed E-state index contributed by atoms with van der Waals surface area (Å²) in [6.07, 6.45) is 0. The van der Waals surface area contributed by atoms with Gasteiger partial charge in [0, 0.05) is 11.6 Å². The number of nitrogens with one attached hydrogen (secondary N) is 1. The van der Waals surface area contributed by atoms with E-state index in [9.17, 15) is 18.0 Å². The maximum atomic E-state index is 13.5. The van der Waals surface area contributed by atoms with E-state index >= 15 is 0 Å². The Morgan fingerprint density at radius 1 is 1.05 bits per heavy atom. The Morgan fingerprint density at radius 2 is 1.70 bits per heavy atom. The molecule has 104 valence electrons. The van der Waals surface area contributed by atoms with Crippen LogP contribution < -0.4 is 11.1 Å². The molecule has 2 aromatic rings. The Morgan fingerprint density at radius 3 is 2.30 bits per heavy atom. The minimum atomic E-state index is -0.996. The van der Waals surface area contributed by atoms with Gasteiger partial charge in [0.2, 0.25) is 0 Å². The lowest BCUT2D eigenvalue weighted by molar-refractivity contribution is 0.102. The summed E-state index contributed by atoms with van der Waals surface area (Å²) in [7, 11) is 0. The van der Waals surface area contributed by atoms with Gasteiger partial charge in [-0.2, -0.15) is 0 Å². The van der Waals surface area contributed by atoms with Crippen LogP contribution in [0.4, 0.5) is 24.5 Å². The Hall–Kier alpha value is -2.50. The van der Waals surface area contributed by atoms with Crippen LogP contribution in [0.5, 0.6) is 0 Å². The van der Waals surface area contributed by atoms with Crippen molar-refractivity contribution in [2.45, 2.75) is 6.92 Å². The molecule has 20 heavy (non-hydrogen) atoms. The van der Waals surface area contributed by atoms with E-state index in [4.69, 9.17) is 5.73 Å². The number of amides is 1. The zero-order valence-corrected chi connectivity index (χ0v) is 10.5. The third kappa shape index (κ3) is 2.90. The summed E-state index contributed by atoms with van der Waals surface area (Å²) < 4.78 is 39.6. The molecule has 6 heteroatoms. The van der Waals surface area contributed by atoms with Gasteiger partial charge in [-0.25, -0.2) is 13.2 Å². The van der Waals surface area contributed by atoms with Crippen LogP contribution in [0.3, 0.4) is 0 Å². The van der Waals surface area contributed by atoms with E-state index in [0.29, 0.717) is 11.6 Å². The molecular weight excluding hydrogens is 269 g/mol. The third-order valence-corrected chi connectivity index (χ3v) is 2.63. The van der Waals surface area contributed by atoms with Gasteiger partial charge in [0.1, 0.15) is 17.3 Å². The van der Waals surface area contributed by atoms with E-state index in [1.54, 1.807) is 6.92 Å². The number of aryl methyl sites for hydroxylation is 1. The van der Waals surface area contributed by atoms with Gasteiger partial charge in [0.25, 0.3) is 5.91 Å². The van der Waals surface area contributed by atoms with E-state index in [1.807, 2.05) is 0 Å². The van der Waals surface area contributed by atoms with E-state index < -0.39 is 23.4 Å². The van der Waals surface area contributed by atoms with Crippen LogP contribution >= 0.6 is 0 Å². The maximum Gasteiger partial charge on any atom is 0.255 e. The van der Waals surface area contributed by atoms with Gasteiger partial charge in [-0.05, 0) is 36.8 Å². The Kier molecular flexibility index (Phi) is 3.65. The SMILES string of the molecule is Cc1cc(F)cc(C(=O)Nc2c(N)cc(F)cc2F)c1. The van der Waals surface area contributed by atoms with Crippen molar-refractivity contribution in [2.75, 3.05) is 11.1 Å². The summed E-state index contributed by atoms with van der Waals surface area (Å²) in [6.45, 7) is 1.62. The largest absolute Gasteiger partial charge is 0.397 e. The van der Waals surface area contributed by atoms with Crippen molar-refractivity contribution < 1.29 is 18.0 Å². The minimum Gasteiger partial charge on any atom is -0.397 e. The lowest BCUT2D eigenvalue weighted by Crippen LogP contribution is -2.15. The van der Waals surface area contributed by atoms with Gasteiger partial charge < -0.3 is 11.1 Å². The average Bonchev–Trinajstić information content (AvgIpc) is 2.32. The molecule has 1 amide bonds. The predicted molar refractivity (Wildman–Crippen MR) is 69.9 cm³/mol. The smallest absolute Gasteiger partial charge is 0.255 e. The second-order valence-electron chi connectivity index (χ2n) is 4.32. The maximum absolute atomic E-state index is 13.5. The van der Waals surface area contributed by atoms with Crippen LogP contribution in [0, 0.1) is 24.4 Å². The molecule has 0 aliphatic carbocycles. The second kappa shape index (κ2) is 5.24. The van der Waals surface area contributed by atoms with Crippen molar-refractivity contribution in [3.05, 3.63) is 58.9 Å². The fourth-order valence-corrected chi connectivity index (χ4v) is 1.78. The normalized spacial score (nSPS) is 10.4. The highest BCUT2D eigenvalue weighted by Gasteiger charge is 2.14. The number of carbonyl (C=O) groups excluding carboxylic acids is 1. The molecule has 0 unspecified atom stereocenters. The first kappa shape index (κ1) is 13.9. The van der Waals surface area contributed by atoms with Crippen molar-refractivity contribution in [2.24, 2.45) is 0 Å². The molecule has 3 N–H and O–H groups in total. The number of anilines is 2. The lowest BCUT2D eigenvalue weighted by atomic mass is 10.1. The highest BCUT2D eigenvalue weighted by molar-refractivity contribution is 6.05. The molecular formula is C14H11F3N2O. The van der Waals surface area contributed by atoms with Crippen LogP contribution in [0.25, 0.3) is 0 Å². The topological polar surface area (TPSA) is 55.1 Å². The highest BCUT2D eigenvalue weighted by atomic mass is 19.1. The Balaban J connectivity index is 2.32. The van der Waals surface area contributed by atoms with Gasteiger partial charge in [-0.1, -0.05) is 0 Å². The number of halogens is 3. The monoisotopic (exact) mass is 280 g/mol. The van der Waals surface area contributed by atoms with Crippen molar-refractivity contribution >= 4 is 17.3 Å². The summed E-state index contributed by atoms with van der Waals surface area (Å²) in [5.74, 6) is -3.16. The minimum absolute atomic E-state index is 0.0191. The van der Waals surface area contributed by atoms with Crippen LogP contribution in [0.15, 0.2) is 30.3 Å². The first-order chi connectivity index (χ1) is 9.36. The molecule has 0 aliphatic heterocycles. The fourth-order valence-electron chi connectivity index (χ4n) is 1.78. The quantitative estimate of drug-likeness (QED) is 0.830. The number of rotatable bonds is 2. The summed E-state index contributed by atoms with van der Waals surface area (Å²) in [5, 5.41) is 2.20. The van der Waals surface area contributed by atoms with E-state index in [2.05, 4.69) is 5.32 Å². The molecule has 0 aromatic heterocycles. The zero-order valence-electron chi connectivity index (χ0n) is 10.5. The summed E-state index contributed by atoms with van der Waals surface area (Å²) in [5.41, 5.74) is 5.42. The van der Waals surface area contributed by atoms with Crippen molar-refractivity contribution in [3.8, 4) is 0 Å². The van der Waals surface area contributed by atoms with Gasteiger partial charge in [0.15, 0.2) is 5.82 Å². The Bertz CT molecular complexity index is 643. The molecule has 2 rings (SSSR count).